The molecule has 0 bridgehead atoms. The van der Waals surface area contributed by atoms with E-state index in [2.05, 4.69) is 15.3 Å². The third kappa shape index (κ3) is 1.47. The number of aromatic amines is 1. The number of aromatic nitrogens is 2. The molecular formula is C8H11N3O. The average molecular weight is 165 g/mol. The maximum absolute atomic E-state index is 10.6. The number of amides is 1. The average Bonchev–Trinajstić information content (AvgIpc) is 2.73. The Kier molecular flexibility index (Phi) is 1.60. The minimum absolute atomic E-state index is 0.0910. The second-order valence-electron chi connectivity index (χ2n) is 3.14. The molecule has 0 saturated heterocycles. The SMILES string of the molecule is CC(=O)Nc1ncc(C2CC2)[nH]1. The smallest absolute Gasteiger partial charge is 0.223 e. The Morgan fingerprint density at radius 2 is 2.50 bits per heavy atom. The summed E-state index contributed by atoms with van der Waals surface area (Å²) in [7, 11) is 0. The van der Waals surface area contributed by atoms with Crippen LogP contribution in [0, 0.1) is 0 Å². The zero-order valence-corrected chi connectivity index (χ0v) is 6.92. The molecule has 0 spiro atoms. The lowest BCUT2D eigenvalue weighted by Crippen LogP contribution is -2.06. The van der Waals surface area contributed by atoms with Gasteiger partial charge in [0.1, 0.15) is 0 Å². The summed E-state index contributed by atoms with van der Waals surface area (Å²) in [4.78, 5) is 17.7. The van der Waals surface area contributed by atoms with Gasteiger partial charge in [0.15, 0.2) is 0 Å². The van der Waals surface area contributed by atoms with Crippen LogP contribution >= 0.6 is 0 Å². The van der Waals surface area contributed by atoms with Crippen LogP contribution in [0.4, 0.5) is 5.95 Å². The Labute approximate surface area is 70.4 Å². The molecule has 0 aliphatic heterocycles. The minimum atomic E-state index is -0.0910. The molecule has 2 rings (SSSR count). The predicted molar refractivity (Wildman–Crippen MR) is 44.9 cm³/mol. The third-order valence-corrected chi connectivity index (χ3v) is 1.91. The van der Waals surface area contributed by atoms with Crippen LogP contribution in [0.3, 0.4) is 0 Å². The van der Waals surface area contributed by atoms with Crippen molar-refractivity contribution in [2.24, 2.45) is 0 Å². The number of carbonyl (C=O) groups is 1. The van der Waals surface area contributed by atoms with Crippen LogP contribution in [0.25, 0.3) is 0 Å². The second kappa shape index (κ2) is 2.62. The molecule has 1 heterocycles. The fourth-order valence-electron chi connectivity index (χ4n) is 1.17. The number of H-pyrrole nitrogens is 1. The highest BCUT2D eigenvalue weighted by molar-refractivity contribution is 5.86. The van der Waals surface area contributed by atoms with Gasteiger partial charge in [-0.05, 0) is 12.8 Å². The van der Waals surface area contributed by atoms with E-state index in [1.165, 1.54) is 19.8 Å². The molecule has 0 radical (unpaired) electrons. The van der Waals surface area contributed by atoms with E-state index in [1.807, 2.05) is 0 Å². The molecule has 0 aromatic carbocycles. The number of rotatable bonds is 2. The molecule has 0 unspecified atom stereocenters. The monoisotopic (exact) mass is 165 g/mol. The number of nitrogens with zero attached hydrogens (tertiary/aromatic N) is 1. The Balaban J connectivity index is 2.07. The maximum atomic E-state index is 10.6. The van der Waals surface area contributed by atoms with Gasteiger partial charge in [-0.1, -0.05) is 0 Å². The highest BCUT2D eigenvalue weighted by atomic mass is 16.1. The summed E-state index contributed by atoms with van der Waals surface area (Å²) in [5.41, 5.74) is 1.14. The maximum Gasteiger partial charge on any atom is 0.223 e. The van der Waals surface area contributed by atoms with Crippen molar-refractivity contribution >= 4 is 11.9 Å². The van der Waals surface area contributed by atoms with Gasteiger partial charge in [0, 0.05) is 18.5 Å². The first-order valence-electron chi connectivity index (χ1n) is 4.08. The molecule has 1 fully saturated rings. The summed E-state index contributed by atoms with van der Waals surface area (Å²) in [5.74, 6) is 1.12. The minimum Gasteiger partial charge on any atom is -0.328 e. The van der Waals surface area contributed by atoms with Gasteiger partial charge in [-0.15, -0.1) is 0 Å². The summed E-state index contributed by atoms with van der Waals surface area (Å²) in [6, 6.07) is 0. The van der Waals surface area contributed by atoms with Crippen LogP contribution in [-0.4, -0.2) is 15.9 Å². The Morgan fingerprint density at radius 3 is 3.08 bits per heavy atom. The van der Waals surface area contributed by atoms with E-state index in [1.54, 1.807) is 6.20 Å². The quantitative estimate of drug-likeness (QED) is 0.692. The second-order valence-corrected chi connectivity index (χ2v) is 3.14. The van der Waals surface area contributed by atoms with Gasteiger partial charge < -0.3 is 4.98 Å². The zero-order valence-electron chi connectivity index (χ0n) is 6.92. The van der Waals surface area contributed by atoms with Gasteiger partial charge >= 0.3 is 0 Å². The lowest BCUT2D eigenvalue weighted by Gasteiger charge is -1.94. The van der Waals surface area contributed by atoms with Crippen molar-refractivity contribution in [3.05, 3.63) is 11.9 Å². The van der Waals surface area contributed by atoms with Crippen LogP contribution in [0.15, 0.2) is 6.20 Å². The largest absolute Gasteiger partial charge is 0.328 e. The first-order valence-corrected chi connectivity index (χ1v) is 4.08. The molecule has 2 N–H and O–H groups in total. The van der Waals surface area contributed by atoms with E-state index in [9.17, 15) is 4.79 Å². The third-order valence-electron chi connectivity index (χ3n) is 1.91. The van der Waals surface area contributed by atoms with Crippen molar-refractivity contribution in [3.8, 4) is 0 Å². The summed E-state index contributed by atoms with van der Waals surface area (Å²) in [5, 5.41) is 2.60. The first-order chi connectivity index (χ1) is 5.75. The summed E-state index contributed by atoms with van der Waals surface area (Å²) >= 11 is 0. The number of anilines is 1. The van der Waals surface area contributed by atoms with Crippen molar-refractivity contribution in [1.29, 1.82) is 0 Å². The lowest BCUT2D eigenvalue weighted by molar-refractivity contribution is -0.114. The van der Waals surface area contributed by atoms with Gasteiger partial charge in [-0.3, -0.25) is 10.1 Å². The van der Waals surface area contributed by atoms with Crippen LogP contribution in [-0.2, 0) is 4.79 Å². The number of carbonyl (C=O) groups excluding carboxylic acids is 1. The molecule has 1 saturated carbocycles. The van der Waals surface area contributed by atoms with Gasteiger partial charge in [0.2, 0.25) is 11.9 Å². The summed E-state index contributed by atoms with van der Waals surface area (Å²) in [6.07, 6.45) is 4.27. The Bertz CT molecular complexity index is 301. The topological polar surface area (TPSA) is 57.8 Å². The van der Waals surface area contributed by atoms with Crippen molar-refractivity contribution in [2.45, 2.75) is 25.7 Å². The van der Waals surface area contributed by atoms with Crippen LogP contribution in [0.2, 0.25) is 0 Å². The molecule has 1 aliphatic carbocycles. The number of hydrogen-bond donors (Lipinski definition) is 2. The zero-order chi connectivity index (χ0) is 8.55. The molecule has 4 nitrogen and oxygen atoms in total. The van der Waals surface area contributed by atoms with E-state index >= 15 is 0 Å². The van der Waals surface area contributed by atoms with Crippen molar-refractivity contribution in [1.82, 2.24) is 9.97 Å². The van der Waals surface area contributed by atoms with Crippen LogP contribution in [0.1, 0.15) is 31.4 Å². The van der Waals surface area contributed by atoms with Crippen LogP contribution < -0.4 is 5.32 Å². The molecule has 1 aliphatic rings. The lowest BCUT2D eigenvalue weighted by atomic mass is 10.3. The molecule has 12 heavy (non-hydrogen) atoms. The number of imidazole rings is 1. The molecular weight excluding hydrogens is 154 g/mol. The van der Waals surface area contributed by atoms with Crippen LogP contribution in [0.5, 0.6) is 0 Å². The van der Waals surface area contributed by atoms with E-state index in [-0.39, 0.29) is 5.91 Å². The Hall–Kier alpha value is -1.32. The van der Waals surface area contributed by atoms with E-state index in [4.69, 9.17) is 0 Å². The van der Waals surface area contributed by atoms with Crippen molar-refractivity contribution in [3.63, 3.8) is 0 Å². The predicted octanol–water partition coefficient (Wildman–Crippen LogP) is 1.25. The molecule has 1 amide bonds. The highest BCUT2D eigenvalue weighted by Crippen LogP contribution is 2.39. The van der Waals surface area contributed by atoms with E-state index in [0.717, 1.165) is 5.69 Å². The first kappa shape index (κ1) is 7.34. The molecule has 1 aromatic heterocycles. The van der Waals surface area contributed by atoms with E-state index < -0.39 is 0 Å². The van der Waals surface area contributed by atoms with Gasteiger partial charge in [0.25, 0.3) is 0 Å². The van der Waals surface area contributed by atoms with Gasteiger partial charge in [-0.2, -0.15) is 0 Å². The fourth-order valence-corrected chi connectivity index (χ4v) is 1.17. The number of hydrogen-bond acceptors (Lipinski definition) is 2. The van der Waals surface area contributed by atoms with Gasteiger partial charge in [-0.25, -0.2) is 4.98 Å². The normalized spacial score (nSPS) is 16.1. The summed E-state index contributed by atoms with van der Waals surface area (Å²) < 4.78 is 0. The van der Waals surface area contributed by atoms with E-state index in [0.29, 0.717) is 11.9 Å². The van der Waals surface area contributed by atoms with Gasteiger partial charge in [0.05, 0.1) is 6.20 Å². The molecule has 4 heteroatoms. The fraction of sp³-hybridized carbons (Fsp3) is 0.500. The molecule has 64 valence electrons. The Morgan fingerprint density at radius 1 is 1.75 bits per heavy atom. The number of nitrogens with one attached hydrogen (secondary N) is 2. The standard InChI is InChI=1S/C8H11N3O/c1-5(12)10-8-9-4-7(11-8)6-2-3-6/h4,6H,2-3H2,1H3,(H2,9,10,11,12). The van der Waals surface area contributed by atoms with Crippen molar-refractivity contribution in [2.75, 3.05) is 5.32 Å². The molecule has 1 aromatic rings. The highest BCUT2D eigenvalue weighted by Gasteiger charge is 2.25. The molecule has 0 atom stereocenters. The summed E-state index contributed by atoms with van der Waals surface area (Å²) in [6.45, 7) is 1.47. The van der Waals surface area contributed by atoms with Crippen molar-refractivity contribution < 1.29 is 4.79 Å².